The second-order valence-electron chi connectivity index (χ2n) is 6.45. The van der Waals surface area contributed by atoms with Crippen molar-refractivity contribution in [3.05, 3.63) is 71.9 Å². The first-order valence-electron chi connectivity index (χ1n) is 8.63. The van der Waals surface area contributed by atoms with E-state index in [-0.39, 0.29) is 29.1 Å². The summed E-state index contributed by atoms with van der Waals surface area (Å²) >= 11 is 0. The van der Waals surface area contributed by atoms with Gasteiger partial charge in [-0.15, -0.1) is 0 Å². The van der Waals surface area contributed by atoms with E-state index in [4.69, 9.17) is 4.74 Å². The van der Waals surface area contributed by atoms with Gasteiger partial charge in [-0.05, 0) is 36.2 Å². The molecule has 0 aliphatic carbocycles. The van der Waals surface area contributed by atoms with Gasteiger partial charge in [0, 0.05) is 18.7 Å². The summed E-state index contributed by atoms with van der Waals surface area (Å²) in [6.45, 7) is 1.73. The maximum Gasteiger partial charge on any atom is 0.323 e. The first kappa shape index (κ1) is 18.1. The Kier molecular flexibility index (Phi) is 4.56. The lowest BCUT2D eigenvalue weighted by Gasteiger charge is -2.16. The summed E-state index contributed by atoms with van der Waals surface area (Å²) in [4.78, 5) is 19.9. The van der Waals surface area contributed by atoms with Crippen LogP contribution in [0.1, 0.15) is 18.1 Å². The molecule has 0 unspecified atom stereocenters. The SMILES string of the molecule is CC(=O)Cc1cccc(Oc2nccc(N3Cc4ccccc4S3(=O)=O)n2)c1. The number of aromatic nitrogens is 2. The molecule has 0 amide bonds. The lowest BCUT2D eigenvalue weighted by atomic mass is 10.1. The topological polar surface area (TPSA) is 89.5 Å². The summed E-state index contributed by atoms with van der Waals surface area (Å²) in [6.07, 6.45) is 1.76. The Morgan fingerprint density at radius 3 is 2.75 bits per heavy atom. The molecule has 3 aromatic rings. The number of rotatable bonds is 5. The van der Waals surface area contributed by atoms with Crippen LogP contribution in [0.25, 0.3) is 0 Å². The molecule has 1 aliphatic heterocycles. The van der Waals surface area contributed by atoms with E-state index >= 15 is 0 Å². The summed E-state index contributed by atoms with van der Waals surface area (Å²) < 4.78 is 32.5. The molecular weight excluding hydrogens is 378 g/mol. The highest BCUT2D eigenvalue weighted by Gasteiger charge is 2.35. The van der Waals surface area contributed by atoms with Gasteiger partial charge in [-0.3, -0.25) is 4.79 Å². The van der Waals surface area contributed by atoms with Gasteiger partial charge in [0.1, 0.15) is 17.4 Å². The zero-order chi connectivity index (χ0) is 19.7. The van der Waals surface area contributed by atoms with Crippen LogP contribution in [0.4, 0.5) is 5.82 Å². The lowest BCUT2D eigenvalue weighted by Crippen LogP contribution is -2.24. The van der Waals surface area contributed by atoms with Crippen molar-refractivity contribution in [1.29, 1.82) is 0 Å². The molecule has 0 saturated heterocycles. The van der Waals surface area contributed by atoms with Crippen molar-refractivity contribution >= 4 is 21.6 Å². The first-order chi connectivity index (χ1) is 13.4. The monoisotopic (exact) mass is 395 g/mol. The van der Waals surface area contributed by atoms with E-state index in [9.17, 15) is 13.2 Å². The van der Waals surface area contributed by atoms with Crippen molar-refractivity contribution in [2.24, 2.45) is 0 Å². The average molecular weight is 395 g/mol. The molecule has 8 heteroatoms. The second kappa shape index (κ2) is 7.05. The lowest BCUT2D eigenvalue weighted by molar-refractivity contribution is -0.116. The van der Waals surface area contributed by atoms with E-state index in [1.54, 1.807) is 42.5 Å². The van der Waals surface area contributed by atoms with Crippen molar-refractivity contribution in [3.8, 4) is 11.8 Å². The number of Topliss-reactive ketones (excluding diaryl/α,β-unsaturated/α-hetero) is 1. The zero-order valence-electron chi connectivity index (χ0n) is 15.1. The molecule has 4 rings (SSSR count). The van der Waals surface area contributed by atoms with E-state index in [0.29, 0.717) is 12.2 Å². The Hall–Kier alpha value is -3.26. The summed E-state index contributed by atoms with van der Waals surface area (Å²) in [5.41, 5.74) is 1.54. The Morgan fingerprint density at radius 1 is 1.14 bits per heavy atom. The maximum atomic E-state index is 12.8. The highest BCUT2D eigenvalue weighted by Crippen LogP contribution is 2.34. The minimum Gasteiger partial charge on any atom is -0.424 e. The quantitative estimate of drug-likeness (QED) is 0.659. The van der Waals surface area contributed by atoms with E-state index in [2.05, 4.69) is 9.97 Å². The Morgan fingerprint density at radius 2 is 1.96 bits per heavy atom. The van der Waals surface area contributed by atoms with Gasteiger partial charge in [-0.2, -0.15) is 4.98 Å². The second-order valence-corrected chi connectivity index (χ2v) is 8.28. The number of nitrogens with zero attached hydrogens (tertiary/aromatic N) is 3. The predicted octanol–water partition coefficient (Wildman–Crippen LogP) is 3.11. The standard InChI is InChI=1S/C20H17N3O4S/c1-14(24)11-15-5-4-7-17(12-15)27-20-21-10-9-19(22-20)23-13-16-6-2-3-8-18(16)28(23,25)26/h2-10,12H,11,13H2,1H3. The molecule has 28 heavy (non-hydrogen) atoms. The number of sulfonamides is 1. The fraction of sp³-hybridized carbons (Fsp3) is 0.150. The zero-order valence-corrected chi connectivity index (χ0v) is 15.9. The third kappa shape index (κ3) is 3.46. The third-order valence-corrected chi connectivity index (χ3v) is 6.14. The summed E-state index contributed by atoms with van der Waals surface area (Å²) in [7, 11) is -3.66. The van der Waals surface area contributed by atoms with E-state index in [0.717, 1.165) is 11.1 Å². The minimum atomic E-state index is -3.66. The number of anilines is 1. The van der Waals surface area contributed by atoms with Crippen LogP contribution in [0.5, 0.6) is 11.8 Å². The number of fused-ring (bicyclic) bond motifs is 1. The Bertz CT molecular complexity index is 1160. The number of ketones is 1. The molecule has 0 fully saturated rings. The smallest absolute Gasteiger partial charge is 0.323 e. The van der Waals surface area contributed by atoms with Crippen molar-refractivity contribution in [1.82, 2.24) is 9.97 Å². The maximum absolute atomic E-state index is 12.8. The molecule has 2 aromatic carbocycles. The van der Waals surface area contributed by atoms with E-state index in [1.807, 2.05) is 6.07 Å². The predicted molar refractivity (Wildman–Crippen MR) is 103 cm³/mol. The average Bonchev–Trinajstić information content (AvgIpc) is 2.93. The van der Waals surface area contributed by atoms with Crippen LogP contribution in [0, 0.1) is 0 Å². The molecule has 0 saturated carbocycles. The fourth-order valence-electron chi connectivity index (χ4n) is 3.08. The molecule has 2 heterocycles. The molecule has 0 radical (unpaired) electrons. The van der Waals surface area contributed by atoms with Gasteiger partial charge in [0.15, 0.2) is 0 Å². The van der Waals surface area contributed by atoms with Crippen LogP contribution in [0.2, 0.25) is 0 Å². The highest BCUT2D eigenvalue weighted by atomic mass is 32.2. The highest BCUT2D eigenvalue weighted by molar-refractivity contribution is 7.93. The van der Waals surface area contributed by atoms with Crippen LogP contribution in [0.15, 0.2) is 65.7 Å². The van der Waals surface area contributed by atoms with Gasteiger partial charge in [-0.1, -0.05) is 30.3 Å². The van der Waals surface area contributed by atoms with Crippen LogP contribution >= 0.6 is 0 Å². The van der Waals surface area contributed by atoms with Gasteiger partial charge in [0.2, 0.25) is 0 Å². The van der Waals surface area contributed by atoms with Crippen molar-refractivity contribution in [3.63, 3.8) is 0 Å². The number of benzene rings is 2. The normalized spacial score (nSPS) is 14.5. The molecule has 1 aromatic heterocycles. The van der Waals surface area contributed by atoms with Crippen molar-refractivity contribution < 1.29 is 17.9 Å². The number of hydrogen-bond acceptors (Lipinski definition) is 6. The molecule has 0 atom stereocenters. The first-order valence-corrected chi connectivity index (χ1v) is 10.1. The van der Waals surface area contributed by atoms with Crippen LogP contribution in [-0.2, 0) is 27.8 Å². The van der Waals surface area contributed by atoms with Gasteiger partial charge < -0.3 is 4.74 Å². The Labute approximate surface area is 162 Å². The van der Waals surface area contributed by atoms with Gasteiger partial charge in [0.25, 0.3) is 10.0 Å². The van der Waals surface area contributed by atoms with Crippen LogP contribution in [0.3, 0.4) is 0 Å². The molecule has 0 N–H and O–H groups in total. The molecule has 142 valence electrons. The summed E-state index contributed by atoms with van der Waals surface area (Å²) in [6, 6.07) is 15.5. The van der Waals surface area contributed by atoms with E-state index < -0.39 is 10.0 Å². The van der Waals surface area contributed by atoms with Gasteiger partial charge in [-0.25, -0.2) is 17.7 Å². The van der Waals surface area contributed by atoms with Gasteiger partial charge >= 0.3 is 6.01 Å². The summed E-state index contributed by atoms with van der Waals surface area (Å²) in [5.74, 6) is 0.763. The molecule has 0 bridgehead atoms. The number of carbonyl (C=O) groups excluding carboxylic acids is 1. The van der Waals surface area contributed by atoms with Crippen molar-refractivity contribution in [2.75, 3.05) is 4.31 Å². The largest absolute Gasteiger partial charge is 0.424 e. The van der Waals surface area contributed by atoms with Crippen LogP contribution in [-0.4, -0.2) is 24.2 Å². The van der Waals surface area contributed by atoms with Crippen molar-refractivity contribution in [2.45, 2.75) is 24.8 Å². The molecule has 0 spiro atoms. The summed E-state index contributed by atoms with van der Waals surface area (Å²) in [5, 5.41) is 0. The number of ether oxygens (including phenoxy) is 1. The minimum absolute atomic E-state index is 0.0311. The molecule has 1 aliphatic rings. The number of carbonyl (C=O) groups is 1. The number of hydrogen-bond donors (Lipinski definition) is 0. The fourth-order valence-corrected chi connectivity index (χ4v) is 4.69. The van der Waals surface area contributed by atoms with E-state index in [1.165, 1.54) is 23.5 Å². The van der Waals surface area contributed by atoms with Gasteiger partial charge in [0.05, 0.1) is 11.4 Å². The third-order valence-electron chi connectivity index (χ3n) is 4.29. The van der Waals surface area contributed by atoms with Crippen LogP contribution < -0.4 is 9.04 Å². The Balaban J connectivity index is 1.61. The molecular formula is C20H17N3O4S. The molecule has 7 nitrogen and oxygen atoms in total.